The number of benzene rings is 1. The van der Waals surface area contributed by atoms with E-state index in [2.05, 4.69) is 21.3 Å². The molecular weight excluding hydrogens is 684 g/mol. The van der Waals surface area contributed by atoms with Crippen LogP contribution in [0.15, 0.2) is 21.9 Å². The Morgan fingerprint density at radius 2 is 1.00 bits per heavy atom. The zero-order valence-corrected chi connectivity index (χ0v) is 26.7. The minimum absolute atomic E-state index is 0.0331. The Labute approximate surface area is 280 Å². The summed E-state index contributed by atoms with van der Waals surface area (Å²) in [5.41, 5.74) is 10.8. The number of aromatic hydroxyl groups is 2. The van der Waals surface area contributed by atoms with Gasteiger partial charge in [0.15, 0.2) is 0 Å². The maximum Gasteiger partial charge on any atom is 0.322 e. The Morgan fingerprint density at radius 3 is 1.31 bits per heavy atom. The van der Waals surface area contributed by atoms with Crippen LogP contribution < -0.4 is 32.7 Å². The van der Waals surface area contributed by atoms with Gasteiger partial charge in [-0.1, -0.05) is 0 Å². The number of amides is 4. The van der Waals surface area contributed by atoms with E-state index in [1.54, 1.807) is 0 Å². The maximum atomic E-state index is 12.6. The van der Waals surface area contributed by atoms with E-state index in [0.29, 0.717) is 0 Å². The largest absolute Gasteiger partial charge is 0.508 e. The van der Waals surface area contributed by atoms with Crippen LogP contribution in [0.1, 0.15) is 25.7 Å². The first-order chi connectivity index (χ1) is 22.4. The van der Waals surface area contributed by atoms with Gasteiger partial charge in [0.25, 0.3) is 0 Å². The summed E-state index contributed by atoms with van der Waals surface area (Å²) >= 11 is 1.50. The lowest BCUT2D eigenvalue weighted by molar-refractivity contribution is -0.140. The lowest BCUT2D eigenvalue weighted by Gasteiger charge is -2.20. The summed E-state index contributed by atoms with van der Waals surface area (Å²) in [4.78, 5) is 93.6. The van der Waals surface area contributed by atoms with Gasteiger partial charge >= 0.3 is 23.9 Å². The van der Waals surface area contributed by atoms with E-state index in [4.69, 9.17) is 31.9 Å². The number of nitrogens with two attached hydrogens (primary N) is 2. The molecule has 4 atom stereocenters. The molecule has 0 heterocycles. The number of carbonyl (C=O) groups excluding carboxylic acids is 4. The predicted octanol–water partition coefficient (Wildman–Crippen LogP) is -2.96. The van der Waals surface area contributed by atoms with E-state index in [1.807, 2.05) is 0 Å². The number of carboxylic acid groups (broad SMARTS) is 4. The smallest absolute Gasteiger partial charge is 0.322 e. The molecule has 0 spiro atoms. The normalized spacial score (nSPS) is 13.2. The summed E-state index contributed by atoms with van der Waals surface area (Å²) in [5, 5.41) is 65.6. The van der Waals surface area contributed by atoms with Gasteiger partial charge in [-0.3, -0.25) is 38.4 Å². The van der Waals surface area contributed by atoms with Crippen LogP contribution in [0.25, 0.3) is 0 Å². The second-order valence-electron chi connectivity index (χ2n) is 9.84. The summed E-state index contributed by atoms with van der Waals surface area (Å²) in [6, 6.07) is -3.28. The quantitative estimate of drug-likeness (QED) is 0.0420. The Hall–Kier alpha value is -4.80. The average Bonchev–Trinajstić information content (AvgIpc) is 3.01. The molecule has 0 unspecified atom stereocenters. The fraction of sp³-hybridized carbons (Fsp3) is 0.462. The third-order valence-electron chi connectivity index (χ3n) is 5.97. The molecule has 0 aliphatic heterocycles. The van der Waals surface area contributed by atoms with Crippen molar-refractivity contribution >= 4 is 71.0 Å². The Balaban J connectivity index is 3.12. The number of carbonyl (C=O) groups is 8. The molecule has 0 aromatic heterocycles. The summed E-state index contributed by atoms with van der Waals surface area (Å²) in [6.07, 6.45) is -1.30. The lowest BCUT2D eigenvalue weighted by Crippen LogP contribution is -2.49. The fourth-order valence-corrected chi connectivity index (χ4v) is 5.55. The highest BCUT2D eigenvalue weighted by molar-refractivity contribution is 8.00. The maximum absolute atomic E-state index is 12.6. The summed E-state index contributed by atoms with van der Waals surface area (Å²) in [7, 11) is 0. The Bertz CT molecular complexity index is 1280. The van der Waals surface area contributed by atoms with E-state index in [0.717, 1.165) is 35.7 Å². The third-order valence-corrected chi connectivity index (χ3v) is 8.21. The predicted molar refractivity (Wildman–Crippen MR) is 166 cm³/mol. The molecule has 22 heteroatoms. The first-order valence-corrected chi connectivity index (χ1v) is 15.7. The number of carboxylic acids is 4. The van der Waals surface area contributed by atoms with Crippen molar-refractivity contribution in [1.29, 1.82) is 0 Å². The van der Waals surface area contributed by atoms with E-state index in [-0.39, 0.29) is 47.0 Å². The highest BCUT2D eigenvalue weighted by Gasteiger charge is 2.26. The number of aliphatic carboxylic acids is 4. The highest BCUT2D eigenvalue weighted by atomic mass is 32.2. The Kier molecular flexibility index (Phi) is 17.6. The summed E-state index contributed by atoms with van der Waals surface area (Å²) in [6.45, 7) is -1.58. The molecule has 0 radical (unpaired) electrons. The zero-order valence-electron chi connectivity index (χ0n) is 25.0. The molecule has 0 aliphatic rings. The van der Waals surface area contributed by atoms with Gasteiger partial charge in [0.05, 0.1) is 9.79 Å². The second-order valence-corrected chi connectivity index (χ2v) is 12.0. The van der Waals surface area contributed by atoms with Crippen molar-refractivity contribution in [2.75, 3.05) is 24.6 Å². The molecule has 1 aromatic carbocycles. The van der Waals surface area contributed by atoms with Gasteiger partial charge in [-0.2, -0.15) is 0 Å². The number of hydrogen-bond donors (Lipinski definition) is 12. The van der Waals surface area contributed by atoms with Crippen molar-refractivity contribution < 1.29 is 69.0 Å². The van der Waals surface area contributed by atoms with Gasteiger partial charge < -0.3 is 63.4 Å². The molecule has 0 aliphatic carbocycles. The van der Waals surface area contributed by atoms with Crippen molar-refractivity contribution in [3.63, 3.8) is 0 Å². The van der Waals surface area contributed by atoms with Crippen LogP contribution in [0.2, 0.25) is 0 Å². The van der Waals surface area contributed by atoms with Crippen LogP contribution in [0, 0.1) is 0 Å². The molecule has 0 saturated heterocycles. The van der Waals surface area contributed by atoms with Gasteiger partial charge in [-0.25, -0.2) is 0 Å². The SMILES string of the molecule is N[C@@H](CCC(=O)N[C@H](CSc1cc(O)cc(SC[C@@H](NC(=O)CC[C@H](N)C(=O)O)C(=O)NCC(=O)O)c1O)C(=O)NCC(=O)O)C(=O)O. The fourth-order valence-electron chi connectivity index (χ4n) is 3.43. The van der Waals surface area contributed by atoms with E-state index >= 15 is 0 Å². The van der Waals surface area contributed by atoms with Crippen LogP contribution in [0.3, 0.4) is 0 Å². The van der Waals surface area contributed by atoms with E-state index in [1.165, 1.54) is 0 Å². The first-order valence-electron chi connectivity index (χ1n) is 13.8. The van der Waals surface area contributed by atoms with Crippen molar-refractivity contribution in [1.82, 2.24) is 21.3 Å². The van der Waals surface area contributed by atoms with Crippen molar-refractivity contribution in [3.05, 3.63) is 12.1 Å². The van der Waals surface area contributed by atoms with Crippen LogP contribution in [0.4, 0.5) is 0 Å². The standard InChI is InChI=1S/C26H36N6O14S2/c27-12(25(43)44)1-3-18(34)31-14(23(41)29-7-20(36)37)9-47-16-5-11(33)6-17(22(16)40)48-10-15(24(42)30-8-21(38)39)32-19(35)4-2-13(28)26(45)46/h5-6,12-15,33,40H,1-4,7-10,27-28H2,(H,29,41)(H,30,42)(H,31,34)(H,32,35)(H,36,37)(H,38,39)(H,43,44)(H,45,46)/t12-,13-,14+,15+/m0/s1. The topological polar surface area (TPSA) is 358 Å². The highest BCUT2D eigenvalue weighted by Crippen LogP contribution is 2.40. The van der Waals surface area contributed by atoms with Crippen molar-refractivity contribution in [2.45, 2.75) is 59.6 Å². The molecule has 0 fully saturated rings. The molecule has 266 valence electrons. The summed E-state index contributed by atoms with van der Waals surface area (Å²) in [5.74, 6) is -10.4. The Morgan fingerprint density at radius 1 is 0.646 bits per heavy atom. The minimum atomic E-state index is -1.40. The number of hydrogen-bond acceptors (Lipinski definition) is 14. The van der Waals surface area contributed by atoms with Crippen LogP contribution in [-0.4, -0.2) is 127 Å². The molecule has 0 saturated carbocycles. The molecule has 14 N–H and O–H groups in total. The van der Waals surface area contributed by atoms with Gasteiger partial charge in [0.2, 0.25) is 23.6 Å². The molecular formula is C26H36N6O14S2. The number of nitrogens with one attached hydrogen (secondary N) is 4. The second kappa shape index (κ2) is 20.4. The van der Waals surface area contributed by atoms with Crippen LogP contribution >= 0.6 is 23.5 Å². The van der Waals surface area contributed by atoms with Gasteiger partial charge in [-0.05, 0) is 25.0 Å². The number of phenolic OH excluding ortho intramolecular Hbond substituents is 2. The molecule has 1 aromatic rings. The lowest BCUT2D eigenvalue weighted by atomic mass is 10.1. The zero-order chi connectivity index (χ0) is 36.6. The molecule has 20 nitrogen and oxygen atoms in total. The summed E-state index contributed by atoms with van der Waals surface area (Å²) < 4.78 is 0. The van der Waals surface area contributed by atoms with Crippen LogP contribution in [-0.2, 0) is 38.4 Å². The van der Waals surface area contributed by atoms with Crippen LogP contribution in [0.5, 0.6) is 11.5 Å². The minimum Gasteiger partial charge on any atom is -0.508 e. The van der Waals surface area contributed by atoms with E-state index < -0.39 is 96.3 Å². The van der Waals surface area contributed by atoms with Gasteiger partial charge in [0.1, 0.15) is 48.8 Å². The number of rotatable bonds is 22. The first kappa shape index (κ1) is 41.2. The van der Waals surface area contributed by atoms with E-state index in [9.17, 15) is 48.6 Å². The van der Waals surface area contributed by atoms with Gasteiger partial charge in [-0.15, -0.1) is 23.5 Å². The molecule has 1 rings (SSSR count). The third kappa shape index (κ3) is 15.7. The monoisotopic (exact) mass is 720 g/mol. The molecule has 48 heavy (non-hydrogen) atoms. The van der Waals surface area contributed by atoms with Crippen molar-refractivity contribution in [3.8, 4) is 11.5 Å². The average molecular weight is 721 g/mol. The number of phenols is 2. The molecule has 0 bridgehead atoms. The molecule has 4 amide bonds. The number of thioether (sulfide) groups is 2. The van der Waals surface area contributed by atoms with Crippen molar-refractivity contribution in [2.24, 2.45) is 11.5 Å². The van der Waals surface area contributed by atoms with Gasteiger partial charge in [0, 0.05) is 24.3 Å².